The van der Waals surface area contributed by atoms with Gasteiger partial charge in [0.25, 0.3) is 0 Å². The van der Waals surface area contributed by atoms with Crippen LogP contribution in [0.25, 0.3) is 11.3 Å². The van der Waals surface area contributed by atoms with E-state index in [9.17, 15) is 9.18 Å². The number of anilines is 1. The van der Waals surface area contributed by atoms with Crippen molar-refractivity contribution >= 4 is 45.7 Å². The van der Waals surface area contributed by atoms with Crippen LogP contribution in [0.3, 0.4) is 0 Å². The molecule has 2 aromatic carbocycles. The molecule has 0 radical (unpaired) electrons. The summed E-state index contributed by atoms with van der Waals surface area (Å²) in [6.45, 7) is 0. The molecule has 158 valence electrons. The van der Waals surface area contributed by atoms with Gasteiger partial charge in [-0.25, -0.2) is 9.37 Å². The zero-order chi connectivity index (χ0) is 21.6. The predicted molar refractivity (Wildman–Crippen MR) is 120 cm³/mol. The summed E-state index contributed by atoms with van der Waals surface area (Å²) in [5.41, 5.74) is 1.85. The molecule has 1 N–H and O–H groups in total. The van der Waals surface area contributed by atoms with Gasteiger partial charge in [0.1, 0.15) is 5.82 Å². The molecule has 2 heterocycles. The fraction of sp³-hybridized carbons (Fsp3) is 0.143. The molecule has 10 heteroatoms. The number of carbonyl (C=O) groups is 1. The van der Waals surface area contributed by atoms with Crippen LogP contribution in [0.2, 0.25) is 5.02 Å². The normalized spacial score (nSPS) is 10.9. The summed E-state index contributed by atoms with van der Waals surface area (Å²) < 4.78 is 19.4. The van der Waals surface area contributed by atoms with Crippen molar-refractivity contribution in [1.82, 2.24) is 15.2 Å². The third-order valence-corrected chi connectivity index (χ3v) is 6.47. The topological polar surface area (TPSA) is 80.9 Å². The lowest BCUT2D eigenvalue weighted by Crippen LogP contribution is -2.12. The van der Waals surface area contributed by atoms with Gasteiger partial charge in [-0.15, -0.1) is 10.2 Å². The molecular formula is C21H16ClFN4O2S2. The summed E-state index contributed by atoms with van der Waals surface area (Å²) in [5, 5.41) is 11.9. The monoisotopic (exact) mass is 474 g/mol. The van der Waals surface area contributed by atoms with Crippen LogP contribution in [0.1, 0.15) is 17.9 Å². The van der Waals surface area contributed by atoms with Crippen molar-refractivity contribution in [2.75, 3.05) is 5.32 Å². The number of nitrogens with zero attached hydrogens (tertiary/aromatic N) is 3. The second-order valence-electron chi connectivity index (χ2n) is 6.46. The Morgan fingerprint density at radius 1 is 1.13 bits per heavy atom. The van der Waals surface area contributed by atoms with Gasteiger partial charge in [-0.3, -0.25) is 4.79 Å². The van der Waals surface area contributed by atoms with E-state index in [1.807, 2.05) is 12.1 Å². The van der Waals surface area contributed by atoms with Crippen LogP contribution in [0.5, 0.6) is 0 Å². The molecular weight excluding hydrogens is 459 g/mol. The Morgan fingerprint density at radius 2 is 1.90 bits per heavy atom. The van der Waals surface area contributed by atoms with E-state index >= 15 is 0 Å². The van der Waals surface area contributed by atoms with Crippen molar-refractivity contribution in [3.05, 3.63) is 77.0 Å². The van der Waals surface area contributed by atoms with E-state index in [4.69, 9.17) is 16.0 Å². The number of oxazole rings is 1. The van der Waals surface area contributed by atoms with Gasteiger partial charge >= 0.3 is 0 Å². The molecule has 1 amide bonds. The Kier molecular flexibility index (Phi) is 6.96. The average Bonchev–Trinajstić information content (AvgIpc) is 3.42. The van der Waals surface area contributed by atoms with E-state index in [0.717, 1.165) is 15.5 Å². The lowest BCUT2D eigenvalue weighted by atomic mass is 10.2. The summed E-state index contributed by atoms with van der Waals surface area (Å²) >= 11 is 8.66. The van der Waals surface area contributed by atoms with E-state index in [1.54, 1.807) is 30.5 Å². The largest absolute Gasteiger partial charge is 0.441 e. The van der Waals surface area contributed by atoms with Crippen molar-refractivity contribution in [3.8, 4) is 11.3 Å². The van der Waals surface area contributed by atoms with Crippen LogP contribution in [-0.2, 0) is 17.0 Å². The molecule has 0 unspecified atom stereocenters. The van der Waals surface area contributed by atoms with Crippen LogP contribution < -0.4 is 5.32 Å². The van der Waals surface area contributed by atoms with Gasteiger partial charge in [-0.1, -0.05) is 46.8 Å². The molecule has 4 rings (SSSR count). The number of nitrogens with one attached hydrogen (secondary N) is 1. The smallest absolute Gasteiger partial charge is 0.226 e. The SMILES string of the molecule is O=C(CCc1ncc(-c2ccc(Cl)cc2)o1)Nc1nnc(SCc2ccc(F)cc2)s1. The summed E-state index contributed by atoms with van der Waals surface area (Å²) in [4.78, 5) is 16.4. The first kappa shape index (κ1) is 21.5. The van der Waals surface area contributed by atoms with E-state index in [-0.39, 0.29) is 18.1 Å². The Labute approximate surface area is 190 Å². The first-order valence-electron chi connectivity index (χ1n) is 9.26. The Balaban J connectivity index is 1.25. The Morgan fingerprint density at radius 3 is 2.68 bits per heavy atom. The predicted octanol–water partition coefficient (Wildman–Crippen LogP) is 5.85. The number of thioether (sulfide) groups is 1. The number of rotatable bonds is 8. The minimum Gasteiger partial charge on any atom is -0.441 e. The summed E-state index contributed by atoms with van der Waals surface area (Å²) in [5.74, 6) is 1.29. The first-order chi connectivity index (χ1) is 15.0. The van der Waals surface area contributed by atoms with Crippen LogP contribution in [0.15, 0.2) is 63.5 Å². The van der Waals surface area contributed by atoms with Crippen molar-refractivity contribution in [2.24, 2.45) is 0 Å². The quantitative estimate of drug-likeness (QED) is 0.255. The highest BCUT2D eigenvalue weighted by molar-refractivity contribution is 8.00. The molecule has 31 heavy (non-hydrogen) atoms. The van der Waals surface area contributed by atoms with Gasteiger partial charge in [0, 0.05) is 29.2 Å². The van der Waals surface area contributed by atoms with Crippen molar-refractivity contribution < 1.29 is 13.6 Å². The van der Waals surface area contributed by atoms with Crippen molar-refractivity contribution in [1.29, 1.82) is 0 Å². The molecule has 0 fully saturated rings. The molecule has 0 aliphatic rings. The van der Waals surface area contributed by atoms with Gasteiger partial charge < -0.3 is 9.73 Å². The third kappa shape index (κ3) is 6.13. The zero-order valence-corrected chi connectivity index (χ0v) is 18.4. The first-order valence-corrected chi connectivity index (χ1v) is 11.4. The summed E-state index contributed by atoms with van der Waals surface area (Å²) in [7, 11) is 0. The highest BCUT2D eigenvalue weighted by Gasteiger charge is 2.12. The van der Waals surface area contributed by atoms with Gasteiger partial charge in [0.05, 0.1) is 6.20 Å². The van der Waals surface area contributed by atoms with Gasteiger partial charge in [0.2, 0.25) is 11.0 Å². The molecule has 0 spiro atoms. The maximum atomic E-state index is 13.0. The zero-order valence-electron chi connectivity index (χ0n) is 16.0. The van der Waals surface area contributed by atoms with Crippen molar-refractivity contribution in [2.45, 2.75) is 22.9 Å². The molecule has 0 saturated heterocycles. The van der Waals surface area contributed by atoms with Crippen molar-refractivity contribution in [3.63, 3.8) is 0 Å². The summed E-state index contributed by atoms with van der Waals surface area (Å²) in [6.07, 6.45) is 2.20. The second kappa shape index (κ2) is 10.0. The number of hydrogen-bond donors (Lipinski definition) is 1. The number of aromatic nitrogens is 3. The lowest BCUT2D eigenvalue weighted by Gasteiger charge is -1.99. The van der Waals surface area contributed by atoms with E-state index < -0.39 is 0 Å². The van der Waals surface area contributed by atoms with Crippen LogP contribution in [0, 0.1) is 5.82 Å². The van der Waals surface area contributed by atoms with Crippen LogP contribution in [-0.4, -0.2) is 21.1 Å². The second-order valence-corrected chi connectivity index (χ2v) is 9.10. The minimum absolute atomic E-state index is 0.197. The van der Waals surface area contributed by atoms with E-state index in [2.05, 4.69) is 20.5 Å². The van der Waals surface area contributed by atoms with Gasteiger partial charge in [-0.2, -0.15) is 0 Å². The molecule has 4 aromatic rings. The summed E-state index contributed by atoms with van der Waals surface area (Å²) in [6, 6.07) is 13.6. The number of carbonyl (C=O) groups excluding carboxylic acids is 1. The molecule has 6 nitrogen and oxygen atoms in total. The highest BCUT2D eigenvalue weighted by atomic mass is 35.5. The third-order valence-electron chi connectivity index (χ3n) is 4.18. The maximum absolute atomic E-state index is 13.0. The van der Waals surface area contributed by atoms with E-state index in [0.29, 0.717) is 34.0 Å². The van der Waals surface area contributed by atoms with Gasteiger partial charge in [0.15, 0.2) is 16.0 Å². The fourth-order valence-corrected chi connectivity index (χ4v) is 4.47. The number of aryl methyl sites for hydroxylation is 1. The van der Waals surface area contributed by atoms with E-state index in [1.165, 1.54) is 35.2 Å². The molecule has 0 aliphatic carbocycles. The molecule has 2 aromatic heterocycles. The number of halogens is 2. The number of benzene rings is 2. The number of amides is 1. The Hall–Kier alpha value is -2.75. The molecule has 0 saturated carbocycles. The molecule has 0 atom stereocenters. The standard InChI is InChI=1S/C21H16ClFN4O2S2/c22-15-5-3-14(4-6-15)17-11-24-19(29-17)10-9-18(28)25-20-26-27-21(31-20)30-12-13-1-7-16(23)8-2-13/h1-8,11H,9-10,12H2,(H,25,26,28). The highest BCUT2D eigenvalue weighted by Crippen LogP contribution is 2.28. The van der Waals surface area contributed by atoms with Crippen LogP contribution in [0.4, 0.5) is 9.52 Å². The minimum atomic E-state index is -0.263. The molecule has 0 bridgehead atoms. The fourth-order valence-electron chi connectivity index (χ4n) is 2.62. The molecule has 0 aliphatic heterocycles. The Bertz CT molecular complexity index is 1160. The lowest BCUT2D eigenvalue weighted by molar-refractivity contribution is -0.116. The van der Waals surface area contributed by atoms with Crippen LogP contribution >= 0.6 is 34.7 Å². The number of hydrogen-bond acceptors (Lipinski definition) is 7. The average molecular weight is 475 g/mol. The van der Waals surface area contributed by atoms with Gasteiger partial charge in [-0.05, 0) is 42.0 Å². The maximum Gasteiger partial charge on any atom is 0.226 e.